The zero-order chi connectivity index (χ0) is 13.0. The van der Waals surface area contributed by atoms with E-state index in [0.717, 1.165) is 5.56 Å². The first-order valence-electron chi connectivity index (χ1n) is 5.66. The Balaban J connectivity index is 2.03. The molecule has 0 amide bonds. The van der Waals surface area contributed by atoms with Gasteiger partial charge in [0.2, 0.25) is 0 Å². The van der Waals surface area contributed by atoms with Crippen LogP contribution in [0.1, 0.15) is 11.1 Å². The van der Waals surface area contributed by atoms with Gasteiger partial charge in [0.1, 0.15) is 5.82 Å². The van der Waals surface area contributed by atoms with E-state index in [0.29, 0.717) is 12.0 Å². The first kappa shape index (κ1) is 13.0. The third kappa shape index (κ3) is 3.28. The summed E-state index contributed by atoms with van der Waals surface area (Å²) in [5, 5.41) is 10.0. The van der Waals surface area contributed by atoms with Gasteiger partial charge in [0.25, 0.3) is 0 Å². The van der Waals surface area contributed by atoms with Crippen molar-refractivity contribution in [3.8, 4) is 0 Å². The molecule has 1 atom stereocenters. The molecule has 0 aliphatic carbocycles. The van der Waals surface area contributed by atoms with Gasteiger partial charge in [-0.15, -0.1) is 0 Å². The van der Waals surface area contributed by atoms with Crippen LogP contribution in [0.15, 0.2) is 42.7 Å². The van der Waals surface area contributed by atoms with Gasteiger partial charge >= 0.3 is 0 Å². The standard InChI is InChI=1S/C14H13ClFNO/c15-13-5-1-4-11(14(13)16)8-12(18)7-10-3-2-6-17-9-10/h1-6,9,12,18H,7-8H2. The maximum Gasteiger partial charge on any atom is 0.145 e. The van der Waals surface area contributed by atoms with Crippen molar-refractivity contribution in [2.75, 3.05) is 0 Å². The fraction of sp³-hybridized carbons (Fsp3) is 0.214. The minimum absolute atomic E-state index is 0.0843. The van der Waals surface area contributed by atoms with Gasteiger partial charge in [-0.1, -0.05) is 29.8 Å². The van der Waals surface area contributed by atoms with Crippen LogP contribution in [0.25, 0.3) is 0 Å². The molecule has 0 saturated heterocycles. The minimum Gasteiger partial charge on any atom is -0.392 e. The molecule has 0 bridgehead atoms. The largest absolute Gasteiger partial charge is 0.392 e. The monoisotopic (exact) mass is 265 g/mol. The van der Waals surface area contributed by atoms with E-state index in [1.807, 2.05) is 12.1 Å². The number of hydrogen-bond donors (Lipinski definition) is 1. The summed E-state index contributed by atoms with van der Waals surface area (Å²) in [6.07, 6.45) is 3.40. The van der Waals surface area contributed by atoms with Crippen LogP contribution in [0.4, 0.5) is 4.39 Å². The van der Waals surface area contributed by atoms with Gasteiger partial charge in [0.15, 0.2) is 0 Å². The molecule has 2 rings (SSSR count). The maximum atomic E-state index is 13.6. The number of aliphatic hydroxyl groups excluding tert-OH is 1. The highest BCUT2D eigenvalue weighted by Crippen LogP contribution is 2.19. The number of pyridine rings is 1. The van der Waals surface area contributed by atoms with Crippen molar-refractivity contribution in [3.05, 3.63) is 64.7 Å². The van der Waals surface area contributed by atoms with Crippen LogP contribution < -0.4 is 0 Å². The highest BCUT2D eigenvalue weighted by Gasteiger charge is 2.12. The lowest BCUT2D eigenvalue weighted by atomic mass is 10.0. The van der Waals surface area contributed by atoms with Crippen LogP contribution in [0, 0.1) is 5.82 Å². The lowest BCUT2D eigenvalue weighted by Gasteiger charge is -2.11. The summed E-state index contributed by atoms with van der Waals surface area (Å²) in [4.78, 5) is 3.97. The molecule has 2 nitrogen and oxygen atoms in total. The molecule has 94 valence electrons. The molecular formula is C14H13ClFNO. The van der Waals surface area contributed by atoms with E-state index in [1.54, 1.807) is 24.5 Å². The van der Waals surface area contributed by atoms with Gasteiger partial charge in [-0.05, 0) is 23.3 Å². The molecule has 1 aromatic carbocycles. The molecule has 1 heterocycles. The molecule has 4 heteroatoms. The molecule has 1 aromatic heterocycles. The van der Waals surface area contributed by atoms with Gasteiger partial charge in [-0.2, -0.15) is 0 Å². The number of rotatable bonds is 4. The quantitative estimate of drug-likeness (QED) is 0.922. The van der Waals surface area contributed by atoms with E-state index < -0.39 is 11.9 Å². The third-order valence-electron chi connectivity index (χ3n) is 2.68. The predicted octanol–water partition coefficient (Wildman–Crippen LogP) is 3.02. The lowest BCUT2D eigenvalue weighted by molar-refractivity contribution is 0.174. The van der Waals surface area contributed by atoms with Crippen LogP contribution in [0.3, 0.4) is 0 Å². The van der Waals surface area contributed by atoms with E-state index in [1.165, 1.54) is 6.07 Å². The summed E-state index contributed by atoms with van der Waals surface area (Å²) >= 11 is 5.69. The van der Waals surface area contributed by atoms with Crippen LogP contribution >= 0.6 is 11.6 Å². The Kier molecular flexibility index (Phi) is 4.28. The normalized spacial score (nSPS) is 12.4. The summed E-state index contributed by atoms with van der Waals surface area (Å²) in [5.41, 5.74) is 1.35. The van der Waals surface area contributed by atoms with E-state index in [-0.39, 0.29) is 11.4 Å². The Labute approximate surface area is 110 Å². The van der Waals surface area contributed by atoms with E-state index in [4.69, 9.17) is 11.6 Å². The Bertz CT molecular complexity index is 518. The number of nitrogens with zero attached hydrogens (tertiary/aromatic N) is 1. The first-order valence-corrected chi connectivity index (χ1v) is 6.04. The molecule has 0 saturated carbocycles. The van der Waals surface area contributed by atoms with Crippen LogP contribution in [0.2, 0.25) is 5.02 Å². The third-order valence-corrected chi connectivity index (χ3v) is 2.97. The van der Waals surface area contributed by atoms with E-state index in [2.05, 4.69) is 4.98 Å². The Morgan fingerprint density at radius 1 is 1.22 bits per heavy atom. The van der Waals surface area contributed by atoms with Crippen molar-refractivity contribution < 1.29 is 9.50 Å². The Morgan fingerprint density at radius 2 is 2.06 bits per heavy atom. The summed E-state index contributed by atoms with van der Waals surface area (Å²) < 4.78 is 13.6. The fourth-order valence-corrected chi connectivity index (χ4v) is 2.02. The van der Waals surface area contributed by atoms with Crippen LogP contribution in [-0.2, 0) is 12.8 Å². The molecule has 1 N–H and O–H groups in total. The van der Waals surface area contributed by atoms with E-state index in [9.17, 15) is 9.50 Å². The molecule has 0 spiro atoms. The first-order chi connectivity index (χ1) is 8.66. The number of aromatic nitrogens is 1. The average Bonchev–Trinajstić information content (AvgIpc) is 2.36. The second-order valence-corrected chi connectivity index (χ2v) is 4.54. The molecule has 0 radical (unpaired) electrons. The SMILES string of the molecule is OC(Cc1cccnc1)Cc1cccc(Cl)c1F. The highest BCUT2D eigenvalue weighted by atomic mass is 35.5. The summed E-state index contributed by atoms with van der Waals surface area (Å²) in [7, 11) is 0. The molecule has 0 fully saturated rings. The topological polar surface area (TPSA) is 33.1 Å². The van der Waals surface area contributed by atoms with Gasteiger partial charge in [-0.25, -0.2) is 4.39 Å². The smallest absolute Gasteiger partial charge is 0.145 e. The van der Waals surface area contributed by atoms with Gasteiger partial charge < -0.3 is 5.11 Å². The van der Waals surface area contributed by atoms with Gasteiger partial charge in [0.05, 0.1) is 11.1 Å². The summed E-state index contributed by atoms with van der Waals surface area (Å²) in [6.45, 7) is 0. The molecule has 0 aliphatic rings. The van der Waals surface area contributed by atoms with Crippen molar-refractivity contribution in [2.24, 2.45) is 0 Å². The fourth-order valence-electron chi connectivity index (χ4n) is 1.82. The summed E-state index contributed by atoms with van der Waals surface area (Å²) in [6, 6.07) is 8.49. The van der Waals surface area contributed by atoms with Crippen molar-refractivity contribution >= 4 is 11.6 Å². The van der Waals surface area contributed by atoms with Gasteiger partial charge in [0, 0.05) is 25.2 Å². The van der Waals surface area contributed by atoms with Crippen molar-refractivity contribution in [2.45, 2.75) is 18.9 Å². The maximum absolute atomic E-state index is 13.6. The van der Waals surface area contributed by atoms with Crippen molar-refractivity contribution in [3.63, 3.8) is 0 Å². The zero-order valence-electron chi connectivity index (χ0n) is 9.68. The zero-order valence-corrected chi connectivity index (χ0v) is 10.4. The molecule has 2 aromatic rings. The van der Waals surface area contributed by atoms with Crippen molar-refractivity contribution in [1.82, 2.24) is 4.98 Å². The number of benzene rings is 1. The average molecular weight is 266 g/mol. The predicted molar refractivity (Wildman–Crippen MR) is 69.1 cm³/mol. The van der Waals surface area contributed by atoms with Crippen molar-refractivity contribution in [1.29, 1.82) is 0 Å². The Morgan fingerprint density at radius 3 is 2.78 bits per heavy atom. The van der Waals surface area contributed by atoms with Crippen LogP contribution in [0.5, 0.6) is 0 Å². The van der Waals surface area contributed by atoms with Crippen LogP contribution in [-0.4, -0.2) is 16.2 Å². The summed E-state index contributed by atoms with van der Waals surface area (Å²) in [5.74, 6) is -0.454. The molecule has 0 aliphatic heterocycles. The minimum atomic E-state index is -0.651. The second-order valence-electron chi connectivity index (χ2n) is 4.14. The molecule has 1 unspecified atom stereocenters. The molecular weight excluding hydrogens is 253 g/mol. The Hall–Kier alpha value is -1.45. The number of halogens is 2. The number of aliphatic hydroxyl groups is 1. The van der Waals surface area contributed by atoms with E-state index >= 15 is 0 Å². The lowest BCUT2D eigenvalue weighted by Crippen LogP contribution is -2.15. The van der Waals surface area contributed by atoms with Gasteiger partial charge in [-0.3, -0.25) is 4.98 Å². The number of hydrogen-bond acceptors (Lipinski definition) is 2. The second kappa shape index (κ2) is 5.94. The molecule has 18 heavy (non-hydrogen) atoms. The highest BCUT2D eigenvalue weighted by molar-refractivity contribution is 6.30.